The van der Waals surface area contributed by atoms with E-state index in [0.29, 0.717) is 18.4 Å². The van der Waals surface area contributed by atoms with Gasteiger partial charge in [-0.1, -0.05) is 32.8 Å². The Morgan fingerprint density at radius 3 is 2.28 bits per heavy atom. The molecule has 0 saturated heterocycles. The van der Waals surface area contributed by atoms with Gasteiger partial charge in [0.15, 0.2) is 11.5 Å². The van der Waals surface area contributed by atoms with Crippen molar-refractivity contribution in [1.29, 1.82) is 0 Å². The number of fused-ring (bicyclic) bond motifs is 1. The lowest BCUT2D eigenvalue weighted by Crippen LogP contribution is -2.40. The summed E-state index contributed by atoms with van der Waals surface area (Å²) in [4.78, 5) is 2.44. The van der Waals surface area contributed by atoms with Gasteiger partial charge in [0.1, 0.15) is 0 Å². The van der Waals surface area contributed by atoms with Crippen molar-refractivity contribution in [3.8, 4) is 11.5 Å². The first-order chi connectivity index (χ1) is 13.5. The second-order valence-electron chi connectivity index (χ2n) is 7.19. The second-order valence-corrected chi connectivity index (χ2v) is 9.24. The first-order valence-corrected chi connectivity index (χ1v) is 12.5. The van der Waals surface area contributed by atoms with Gasteiger partial charge in [0.25, 0.3) is 0 Å². The smallest absolute Gasteiger partial charge is 0.358 e. The van der Waals surface area contributed by atoms with Gasteiger partial charge in [-0.2, -0.15) is 16.8 Å². The molecule has 0 saturated carbocycles. The lowest BCUT2D eigenvalue weighted by molar-refractivity contribution is 0.176. The summed E-state index contributed by atoms with van der Waals surface area (Å²) in [6, 6.07) is 3.12. The Bertz CT molecular complexity index is 899. The largest absolute Gasteiger partial charge is 0.446 e. The molecule has 11 heteroatoms. The Morgan fingerprint density at radius 2 is 1.69 bits per heavy atom. The molecule has 1 atom stereocenters. The first-order valence-electron chi connectivity index (χ1n) is 9.76. The van der Waals surface area contributed by atoms with E-state index in [9.17, 15) is 16.8 Å². The summed E-state index contributed by atoms with van der Waals surface area (Å²) in [5, 5.41) is 0. The number of hydrogen-bond acceptors (Lipinski definition) is 7. The zero-order valence-corrected chi connectivity index (χ0v) is 18.3. The van der Waals surface area contributed by atoms with E-state index in [2.05, 4.69) is 27.1 Å². The molecule has 2 N–H and O–H groups in total. The lowest BCUT2D eigenvalue weighted by atomic mass is 9.86. The Balaban J connectivity index is 2.33. The Morgan fingerprint density at radius 1 is 1.00 bits per heavy atom. The molecule has 0 aliphatic heterocycles. The van der Waals surface area contributed by atoms with Crippen molar-refractivity contribution in [2.24, 2.45) is 0 Å². The molecule has 29 heavy (non-hydrogen) atoms. The molecule has 2 rings (SSSR count). The Kier molecular flexibility index (Phi) is 8.29. The zero-order valence-electron chi connectivity index (χ0n) is 16.7. The van der Waals surface area contributed by atoms with E-state index < -0.39 is 32.3 Å². The predicted octanol–water partition coefficient (Wildman–Crippen LogP) is 2.81. The molecular weight excluding hydrogens is 422 g/mol. The molecule has 1 aromatic rings. The molecule has 0 aromatic heterocycles. The average molecular weight is 452 g/mol. The maximum atomic E-state index is 11.3. The summed E-state index contributed by atoms with van der Waals surface area (Å²) < 4.78 is 71.8. The fraction of sp³-hybridized carbons (Fsp3) is 0.667. The molecule has 0 radical (unpaired) electrons. The van der Waals surface area contributed by atoms with Gasteiger partial charge in [0, 0.05) is 11.6 Å². The van der Waals surface area contributed by atoms with Crippen LogP contribution in [0.4, 0.5) is 0 Å². The number of hydrogen-bond donors (Lipinski definition) is 2. The highest BCUT2D eigenvalue weighted by molar-refractivity contribution is 7.81. The summed E-state index contributed by atoms with van der Waals surface area (Å²) in [7, 11) is -9.80. The average Bonchev–Trinajstić information content (AvgIpc) is 2.60. The quantitative estimate of drug-likeness (QED) is 0.385. The summed E-state index contributed by atoms with van der Waals surface area (Å²) in [5.74, 6) is -0.898. The van der Waals surface area contributed by atoms with Crippen molar-refractivity contribution in [1.82, 2.24) is 4.90 Å². The highest BCUT2D eigenvalue weighted by atomic mass is 32.3. The molecular formula is C18H29NO8S2. The molecule has 0 spiro atoms. The van der Waals surface area contributed by atoms with Crippen molar-refractivity contribution in [3.63, 3.8) is 0 Å². The molecule has 0 unspecified atom stereocenters. The van der Waals surface area contributed by atoms with Crippen LogP contribution in [0.5, 0.6) is 11.5 Å². The number of unbranched alkanes of at least 4 members (excludes halogenated alkanes) is 2. The van der Waals surface area contributed by atoms with Crippen LogP contribution >= 0.6 is 0 Å². The summed E-state index contributed by atoms with van der Waals surface area (Å²) in [6.45, 7) is 6.23. The molecule has 1 aliphatic rings. The molecule has 1 aliphatic carbocycles. The van der Waals surface area contributed by atoms with Crippen LogP contribution in [-0.4, -0.2) is 50.0 Å². The lowest BCUT2D eigenvalue weighted by Gasteiger charge is -2.35. The van der Waals surface area contributed by atoms with Crippen LogP contribution in [0.1, 0.15) is 57.1 Å². The Hall–Kier alpha value is -1.40. The number of nitrogens with zero attached hydrogens (tertiary/aromatic N) is 1. The number of benzene rings is 1. The van der Waals surface area contributed by atoms with Crippen LogP contribution in [0.2, 0.25) is 0 Å². The monoisotopic (exact) mass is 451 g/mol. The molecule has 1 aromatic carbocycles. The van der Waals surface area contributed by atoms with E-state index in [1.54, 1.807) is 6.07 Å². The minimum atomic E-state index is -4.91. The molecule has 0 amide bonds. The Labute approximate surface area is 172 Å². The van der Waals surface area contributed by atoms with Gasteiger partial charge in [-0.05, 0) is 56.8 Å². The summed E-state index contributed by atoms with van der Waals surface area (Å²) in [6.07, 6.45) is 6.20. The van der Waals surface area contributed by atoms with Crippen molar-refractivity contribution >= 4 is 20.8 Å². The maximum Gasteiger partial charge on any atom is 0.446 e. The molecule has 166 valence electrons. The number of rotatable bonds is 11. The molecule has 9 nitrogen and oxygen atoms in total. The SMILES string of the molecule is CCCCCN(CCC)[C@H]1CCc2c(ccc(OS(=O)(=O)O)c2OS(=O)(=O)O)C1. The van der Waals surface area contributed by atoms with Crippen molar-refractivity contribution in [3.05, 3.63) is 23.3 Å². The minimum absolute atomic E-state index is 0.270. The van der Waals surface area contributed by atoms with Crippen molar-refractivity contribution in [2.75, 3.05) is 13.1 Å². The molecule has 0 heterocycles. The van der Waals surface area contributed by atoms with Crippen molar-refractivity contribution in [2.45, 2.75) is 64.8 Å². The van der Waals surface area contributed by atoms with E-state index in [1.165, 1.54) is 6.07 Å². The van der Waals surface area contributed by atoms with E-state index in [0.717, 1.165) is 50.8 Å². The third-order valence-corrected chi connectivity index (χ3v) is 5.73. The third kappa shape index (κ3) is 7.41. The summed E-state index contributed by atoms with van der Waals surface area (Å²) >= 11 is 0. The van der Waals surface area contributed by atoms with Crippen LogP contribution in [-0.2, 0) is 33.6 Å². The first kappa shape index (κ1) is 23.9. The highest BCUT2D eigenvalue weighted by Crippen LogP contribution is 2.40. The minimum Gasteiger partial charge on any atom is -0.358 e. The van der Waals surface area contributed by atoms with E-state index in [1.807, 2.05) is 0 Å². The molecule has 0 bridgehead atoms. The van der Waals surface area contributed by atoms with Gasteiger partial charge < -0.3 is 13.3 Å². The van der Waals surface area contributed by atoms with Gasteiger partial charge in [-0.3, -0.25) is 9.11 Å². The van der Waals surface area contributed by atoms with Gasteiger partial charge >= 0.3 is 20.8 Å². The van der Waals surface area contributed by atoms with E-state index >= 15 is 0 Å². The fourth-order valence-electron chi connectivity index (χ4n) is 3.80. The van der Waals surface area contributed by atoms with Gasteiger partial charge in [0.05, 0.1) is 0 Å². The van der Waals surface area contributed by atoms with Crippen LogP contribution in [0.3, 0.4) is 0 Å². The second kappa shape index (κ2) is 10.1. The van der Waals surface area contributed by atoms with Crippen molar-refractivity contribution < 1.29 is 34.3 Å². The standard InChI is InChI=1S/C18H29NO8S2/c1-3-5-6-12-19(11-4-2)15-8-9-16-14(13-15)7-10-17(26-28(20,21)22)18(16)27-29(23,24)25/h7,10,15H,3-6,8-9,11-13H2,1-2H3,(H,20,21,22)(H,23,24,25)/t15-/m0/s1. The van der Waals surface area contributed by atoms with Crippen LogP contribution < -0.4 is 8.37 Å². The molecule has 0 fully saturated rings. The fourth-order valence-corrected chi connectivity index (χ4v) is 4.55. The normalized spacial score (nSPS) is 17.2. The van der Waals surface area contributed by atoms with Crippen LogP contribution in [0, 0.1) is 0 Å². The van der Waals surface area contributed by atoms with Gasteiger partial charge in [-0.15, -0.1) is 0 Å². The summed E-state index contributed by atoms with van der Waals surface area (Å²) in [5.41, 5.74) is 1.24. The van der Waals surface area contributed by atoms with Crippen LogP contribution in [0.25, 0.3) is 0 Å². The van der Waals surface area contributed by atoms with Crippen LogP contribution in [0.15, 0.2) is 12.1 Å². The van der Waals surface area contributed by atoms with Gasteiger partial charge in [-0.25, -0.2) is 0 Å². The van der Waals surface area contributed by atoms with Gasteiger partial charge in [0.2, 0.25) is 0 Å². The topological polar surface area (TPSA) is 130 Å². The highest BCUT2D eigenvalue weighted by Gasteiger charge is 2.30. The zero-order chi connectivity index (χ0) is 21.7. The predicted molar refractivity (Wildman–Crippen MR) is 108 cm³/mol. The third-order valence-electron chi connectivity index (χ3n) is 4.96. The van der Waals surface area contributed by atoms with E-state index in [4.69, 9.17) is 9.11 Å². The van der Waals surface area contributed by atoms with E-state index in [-0.39, 0.29) is 6.04 Å². The maximum absolute atomic E-state index is 11.3.